The van der Waals surface area contributed by atoms with Crippen molar-refractivity contribution in [3.8, 4) is 0 Å². The Labute approximate surface area is 129 Å². The van der Waals surface area contributed by atoms with Crippen LogP contribution in [0, 0.1) is 0 Å². The highest BCUT2D eigenvalue weighted by Crippen LogP contribution is 2.29. The van der Waals surface area contributed by atoms with Gasteiger partial charge in [0.05, 0.1) is 0 Å². The van der Waals surface area contributed by atoms with Crippen LogP contribution in [0.2, 0.25) is 0 Å². The van der Waals surface area contributed by atoms with E-state index in [1.807, 2.05) is 11.0 Å². The first-order valence-corrected chi connectivity index (χ1v) is 8.40. The highest BCUT2D eigenvalue weighted by molar-refractivity contribution is 9.09. The van der Waals surface area contributed by atoms with Crippen LogP contribution in [0.3, 0.4) is 0 Å². The third-order valence-corrected chi connectivity index (χ3v) is 4.82. The Morgan fingerprint density at radius 3 is 2.60 bits per heavy atom. The van der Waals surface area contributed by atoms with Crippen molar-refractivity contribution in [2.45, 2.75) is 37.1 Å². The minimum absolute atomic E-state index is 0.234. The van der Waals surface area contributed by atoms with Crippen molar-refractivity contribution < 1.29 is 4.79 Å². The van der Waals surface area contributed by atoms with Crippen LogP contribution in [0.4, 0.5) is 5.69 Å². The van der Waals surface area contributed by atoms with E-state index in [0.29, 0.717) is 6.42 Å². The molecule has 1 unspecified atom stereocenters. The maximum absolute atomic E-state index is 12.1. The van der Waals surface area contributed by atoms with Crippen molar-refractivity contribution in [2.75, 3.05) is 24.5 Å². The number of nitrogens with zero attached hydrogens (tertiary/aromatic N) is 2. The predicted octanol–water partition coefficient (Wildman–Crippen LogP) is 3.17. The third kappa shape index (κ3) is 3.07. The molecular weight excluding hydrogens is 316 g/mol. The summed E-state index contributed by atoms with van der Waals surface area (Å²) < 4.78 is 0. The van der Waals surface area contributed by atoms with Gasteiger partial charge in [-0.3, -0.25) is 9.69 Å². The third-order valence-electron chi connectivity index (χ3n) is 4.20. The number of hydrogen-bond acceptors (Lipinski definition) is 2. The maximum atomic E-state index is 12.1. The van der Waals surface area contributed by atoms with Crippen LogP contribution in [0.5, 0.6) is 0 Å². The lowest BCUT2D eigenvalue weighted by Gasteiger charge is -2.28. The molecule has 1 aromatic rings. The van der Waals surface area contributed by atoms with Gasteiger partial charge in [0.2, 0.25) is 5.91 Å². The summed E-state index contributed by atoms with van der Waals surface area (Å²) in [5, 5.41) is 0. The smallest absolute Gasteiger partial charge is 0.228 e. The van der Waals surface area contributed by atoms with Crippen LogP contribution in [0.1, 0.15) is 31.2 Å². The van der Waals surface area contributed by atoms with Gasteiger partial charge in [-0.05, 0) is 37.6 Å². The molecule has 2 saturated heterocycles. The molecule has 1 atom stereocenters. The molecule has 0 N–H and O–H groups in total. The van der Waals surface area contributed by atoms with E-state index in [4.69, 9.17) is 0 Å². The standard InChI is InChI=1S/C16H21BrN2O/c17-14-10-16(20)19(12-14)15-7-3-2-6-13(15)11-18-8-4-1-5-9-18/h2-3,6-7,14H,1,4-5,8-12H2. The van der Waals surface area contributed by atoms with E-state index >= 15 is 0 Å². The van der Waals surface area contributed by atoms with Gasteiger partial charge in [0.15, 0.2) is 0 Å². The molecule has 20 heavy (non-hydrogen) atoms. The molecule has 0 radical (unpaired) electrons. The average molecular weight is 337 g/mol. The molecule has 0 aliphatic carbocycles. The molecule has 1 amide bonds. The Morgan fingerprint density at radius 1 is 1.15 bits per heavy atom. The lowest BCUT2D eigenvalue weighted by atomic mass is 10.1. The summed E-state index contributed by atoms with van der Waals surface area (Å²) in [4.78, 5) is 16.9. The lowest BCUT2D eigenvalue weighted by Crippen LogP contribution is -2.31. The lowest BCUT2D eigenvalue weighted by molar-refractivity contribution is -0.117. The van der Waals surface area contributed by atoms with Crippen molar-refractivity contribution in [3.63, 3.8) is 0 Å². The summed E-state index contributed by atoms with van der Waals surface area (Å²) in [5.41, 5.74) is 2.38. The Bertz CT molecular complexity index is 485. The Morgan fingerprint density at radius 2 is 1.90 bits per heavy atom. The largest absolute Gasteiger partial charge is 0.311 e. The molecule has 2 aliphatic heterocycles. The first-order chi connectivity index (χ1) is 9.74. The van der Waals surface area contributed by atoms with Gasteiger partial charge in [-0.2, -0.15) is 0 Å². The Hall–Kier alpha value is -0.870. The molecule has 1 aromatic carbocycles. The van der Waals surface area contributed by atoms with Crippen LogP contribution in [0.15, 0.2) is 24.3 Å². The number of carbonyl (C=O) groups excluding carboxylic acids is 1. The zero-order chi connectivity index (χ0) is 13.9. The summed E-state index contributed by atoms with van der Waals surface area (Å²) >= 11 is 3.57. The Balaban J connectivity index is 1.79. The van der Waals surface area contributed by atoms with Crippen molar-refractivity contribution in [1.82, 2.24) is 4.90 Å². The highest BCUT2D eigenvalue weighted by Gasteiger charge is 2.30. The van der Waals surface area contributed by atoms with Gasteiger partial charge in [-0.15, -0.1) is 0 Å². The first-order valence-electron chi connectivity index (χ1n) is 7.49. The van der Waals surface area contributed by atoms with E-state index in [9.17, 15) is 4.79 Å². The number of rotatable bonds is 3. The zero-order valence-corrected chi connectivity index (χ0v) is 13.3. The van der Waals surface area contributed by atoms with E-state index in [1.165, 1.54) is 37.9 Å². The summed E-state index contributed by atoms with van der Waals surface area (Å²) in [6.07, 6.45) is 4.56. The molecule has 3 nitrogen and oxygen atoms in total. The minimum atomic E-state index is 0.234. The highest BCUT2D eigenvalue weighted by atomic mass is 79.9. The quantitative estimate of drug-likeness (QED) is 0.791. The second kappa shape index (κ2) is 6.27. The van der Waals surface area contributed by atoms with Gasteiger partial charge in [0, 0.05) is 30.0 Å². The number of benzene rings is 1. The molecule has 3 rings (SSSR count). The van der Waals surface area contributed by atoms with Crippen molar-refractivity contribution >= 4 is 27.5 Å². The fraction of sp³-hybridized carbons (Fsp3) is 0.562. The number of anilines is 1. The van der Waals surface area contributed by atoms with Crippen LogP contribution in [-0.2, 0) is 11.3 Å². The number of amides is 1. The van der Waals surface area contributed by atoms with Gasteiger partial charge < -0.3 is 4.90 Å². The van der Waals surface area contributed by atoms with E-state index in [0.717, 1.165) is 18.8 Å². The van der Waals surface area contributed by atoms with E-state index in [2.05, 4.69) is 39.0 Å². The molecule has 0 aromatic heterocycles. The van der Waals surface area contributed by atoms with Gasteiger partial charge >= 0.3 is 0 Å². The summed E-state index contributed by atoms with van der Waals surface area (Å²) in [6, 6.07) is 8.36. The van der Waals surface area contributed by atoms with Crippen molar-refractivity contribution in [3.05, 3.63) is 29.8 Å². The molecule has 108 valence electrons. The summed E-state index contributed by atoms with van der Waals surface area (Å²) in [6.45, 7) is 4.12. The molecular formula is C16H21BrN2O. The predicted molar refractivity (Wildman–Crippen MR) is 85.3 cm³/mol. The van der Waals surface area contributed by atoms with Gasteiger partial charge in [0.25, 0.3) is 0 Å². The number of halogens is 1. The normalized spacial score (nSPS) is 24.4. The van der Waals surface area contributed by atoms with Gasteiger partial charge in [-0.25, -0.2) is 0 Å². The SMILES string of the molecule is O=C1CC(Br)CN1c1ccccc1CN1CCCCC1. The minimum Gasteiger partial charge on any atom is -0.311 e. The van der Waals surface area contributed by atoms with Crippen molar-refractivity contribution in [2.24, 2.45) is 0 Å². The number of likely N-dealkylation sites (tertiary alicyclic amines) is 1. The van der Waals surface area contributed by atoms with E-state index in [1.54, 1.807) is 0 Å². The van der Waals surface area contributed by atoms with Gasteiger partial charge in [0.1, 0.15) is 0 Å². The van der Waals surface area contributed by atoms with Crippen LogP contribution >= 0.6 is 15.9 Å². The second-order valence-corrected chi connectivity index (χ2v) is 7.07. The van der Waals surface area contributed by atoms with Crippen LogP contribution < -0.4 is 4.90 Å². The maximum Gasteiger partial charge on any atom is 0.228 e. The van der Waals surface area contributed by atoms with Crippen molar-refractivity contribution in [1.29, 1.82) is 0 Å². The Kier molecular flexibility index (Phi) is 4.41. The zero-order valence-electron chi connectivity index (χ0n) is 11.7. The average Bonchev–Trinajstić information content (AvgIpc) is 2.79. The summed E-state index contributed by atoms with van der Waals surface area (Å²) in [7, 11) is 0. The van der Waals surface area contributed by atoms with Crippen LogP contribution in [0.25, 0.3) is 0 Å². The van der Waals surface area contributed by atoms with Gasteiger partial charge in [-0.1, -0.05) is 40.5 Å². The second-order valence-electron chi connectivity index (χ2n) is 5.77. The number of alkyl halides is 1. The topological polar surface area (TPSA) is 23.6 Å². The first kappa shape index (κ1) is 14.1. The fourth-order valence-electron chi connectivity index (χ4n) is 3.16. The number of piperidine rings is 1. The number of hydrogen-bond donors (Lipinski definition) is 0. The molecule has 2 heterocycles. The molecule has 2 aliphatic rings. The molecule has 0 spiro atoms. The van der Waals surface area contributed by atoms with Crippen LogP contribution in [-0.4, -0.2) is 35.3 Å². The number of carbonyl (C=O) groups is 1. The molecule has 0 saturated carbocycles. The monoisotopic (exact) mass is 336 g/mol. The fourth-order valence-corrected chi connectivity index (χ4v) is 3.73. The molecule has 4 heteroatoms. The van der Waals surface area contributed by atoms with E-state index < -0.39 is 0 Å². The molecule has 0 bridgehead atoms. The molecule has 2 fully saturated rings. The van der Waals surface area contributed by atoms with E-state index in [-0.39, 0.29) is 10.7 Å². The summed E-state index contributed by atoms with van der Waals surface area (Å²) in [5.74, 6) is 0.234. The number of para-hydroxylation sites is 1.